The summed E-state index contributed by atoms with van der Waals surface area (Å²) in [5, 5.41) is 0. The zero-order valence-corrected chi connectivity index (χ0v) is 44.0. The van der Waals surface area contributed by atoms with Crippen molar-refractivity contribution in [3.8, 4) is 0 Å². The van der Waals surface area contributed by atoms with Crippen LogP contribution in [0.4, 0.5) is 0 Å². The molecule has 66 heavy (non-hydrogen) atoms. The molecule has 0 aliphatic rings. The molecule has 0 aromatic carbocycles. The van der Waals surface area contributed by atoms with Gasteiger partial charge >= 0.3 is 11.9 Å². The smallest absolute Gasteiger partial charge is 0.306 e. The van der Waals surface area contributed by atoms with E-state index in [2.05, 4.69) is 93.7 Å². The molecular weight excluding hydrogens is 813 g/mol. The first kappa shape index (κ1) is 63.3. The molecule has 0 saturated heterocycles. The van der Waals surface area contributed by atoms with Gasteiger partial charge in [-0.1, -0.05) is 235 Å². The summed E-state index contributed by atoms with van der Waals surface area (Å²) in [4.78, 5) is 25.5. The predicted molar refractivity (Wildman–Crippen MR) is 288 cm³/mol. The van der Waals surface area contributed by atoms with Crippen molar-refractivity contribution in [2.24, 2.45) is 0 Å². The molecule has 0 heterocycles. The lowest BCUT2D eigenvalue weighted by Gasteiger charge is -2.18. The minimum Gasteiger partial charge on any atom is -0.462 e. The zero-order chi connectivity index (χ0) is 47.7. The average molecular weight is 922 g/mol. The van der Waals surface area contributed by atoms with E-state index < -0.39 is 6.10 Å². The van der Waals surface area contributed by atoms with Crippen LogP contribution in [0.2, 0.25) is 0 Å². The van der Waals surface area contributed by atoms with Crippen LogP contribution >= 0.6 is 0 Å². The number of carbonyl (C=O) groups excluding carboxylic acids is 2. The van der Waals surface area contributed by atoms with Crippen molar-refractivity contribution < 1.29 is 23.8 Å². The summed E-state index contributed by atoms with van der Waals surface area (Å²) < 4.78 is 17.4. The molecule has 0 amide bonds. The van der Waals surface area contributed by atoms with Gasteiger partial charge in [-0.15, -0.1) is 0 Å². The number of carbonyl (C=O) groups is 2. The minimum absolute atomic E-state index is 0.0756. The third-order valence-corrected chi connectivity index (χ3v) is 12.2. The highest BCUT2D eigenvalue weighted by molar-refractivity contribution is 5.70. The van der Waals surface area contributed by atoms with Gasteiger partial charge in [0, 0.05) is 19.4 Å². The van der Waals surface area contributed by atoms with E-state index in [9.17, 15) is 9.59 Å². The number of hydrogen-bond acceptors (Lipinski definition) is 5. The minimum atomic E-state index is -0.549. The van der Waals surface area contributed by atoms with Gasteiger partial charge in [-0.3, -0.25) is 9.59 Å². The topological polar surface area (TPSA) is 61.8 Å². The fourth-order valence-electron chi connectivity index (χ4n) is 7.95. The van der Waals surface area contributed by atoms with Crippen molar-refractivity contribution in [2.45, 2.75) is 284 Å². The first-order chi connectivity index (χ1) is 32.6. The normalized spacial score (nSPS) is 12.7. The Morgan fingerprint density at radius 2 is 0.697 bits per heavy atom. The second-order valence-corrected chi connectivity index (χ2v) is 18.8. The predicted octanol–water partition coefficient (Wildman–Crippen LogP) is 19.5. The van der Waals surface area contributed by atoms with E-state index >= 15 is 0 Å². The lowest BCUT2D eigenvalue weighted by molar-refractivity contribution is -0.163. The SMILES string of the molecule is CC/C=C\C/C=C\C/C=C\C/C=C\CCCCCCCCCOCC(COC(=O)CCCCCCCCCCC/C=C\CCCCCCCC)OC(=O)CCCCCCC/C=C\CCCC. The monoisotopic (exact) mass is 921 g/mol. The van der Waals surface area contributed by atoms with Crippen LogP contribution in [-0.4, -0.2) is 37.9 Å². The third kappa shape index (κ3) is 54.0. The highest BCUT2D eigenvalue weighted by Gasteiger charge is 2.17. The summed E-state index contributed by atoms with van der Waals surface area (Å²) in [6.07, 6.45) is 73.5. The standard InChI is InChI=1S/C61H108O5/c1-4-7-10-13-16-19-22-24-26-28-30-32-34-36-38-41-44-47-50-53-56-64-57-59(66-61(63)55-52-49-46-43-39-21-18-15-12-9-6-3)58-65-60(62)54-51-48-45-42-40-37-35-33-31-29-27-25-23-20-17-14-11-8-5-2/h7,10,15-16,18-19,24-27,30,32,59H,4-6,8-9,11-14,17,20-23,28-29,31,33-58H2,1-3H3/b10-7-,18-15-,19-16-,26-24-,27-25-,32-30-. The van der Waals surface area contributed by atoms with Crippen molar-refractivity contribution in [3.05, 3.63) is 72.9 Å². The molecule has 0 rings (SSSR count). The molecule has 1 unspecified atom stereocenters. The number of allylic oxidation sites excluding steroid dienone is 12. The first-order valence-corrected chi connectivity index (χ1v) is 28.5. The molecule has 0 bridgehead atoms. The van der Waals surface area contributed by atoms with Crippen molar-refractivity contribution in [1.29, 1.82) is 0 Å². The van der Waals surface area contributed by atoms with Crippen LogP contribution in [0.5, 0.6) is 0 Å². The van der Waals surface area contributed by atoms with Crippen LogP contribution in [-0.2, 0) is 23.8 Å². The second-order valence-electron chi connectivity index (χ2n) is 18.8. The lowest BCUT2D eigenvalue weighted by atomic mass is 10.1. The quantitative estimate of drug-likeness (QED) is 0.0346. The largest absolute Gasteiger partial charge is 0.462 e. The first-order valence-electron chi connectivity index (χ1n) is 28.5. The fraction of sp³-hybridized carbons (Fsp3) is 0.770. The Labute approximate surface area is 410 Å². The van der Waals surface area contributed by atoms with E-state index in [1.54, 1.807) is 0 Å². The van der Waals surface area contributed by atoms with Gasteiger partial charge in [0.15, 0.2) is 6.10 Å². The molecular formula is C61H108O5. The maximum Gasteiger partial charge on any atom is 0.306 e. The van der Waals surface area contributed by atoms with Crippen molar-refractivity contribution in [3.63, 3.8) is 0 Å². The van der Waals surface area contributed by atoms with Gasteiger partial charge in [0.1, 0.15) is 6.61 Å². The van der Waals surface area contributed by atoms with E-state index in [4.69, 9.17) is 14.2 Å². The van der Waals surface area contributed by atoms with Crippen LogP contribution in [0, 0.1) is 0 Å². The fourth-order valence-corrected chi connectivity index (χ4v) is 7.95. The van der Waals surface area contributed by atoms with Gasteiger partial charge in [-0.05, 0) is 103 Å². The van der Waals surface area contributed by atoms with E-state index in [0.717, 1.165) is 77.0 Å². The molecule has 382 valence electrons. The molecule has 0 spiro atoms. The second kappa shape index (κ2) is 56.7. The average Bonchev–Trinajstić information content (AvgIpc) is 3.32. The summed E-state index contributed by atoms with van der Waals surface area (Å²) >= 11 is 0. The van der Waals surface area contributed by atoms with Crippen molar-refractivity contribution >= 4 is 11.9 Å². The van der Waals surface area contributed by atoms with E-state index in [-0.39, 0.29) is 25.2 Å². The Hall–Kier alpha value is -2.66. The Morgan fingerprint density at radius 3 is 1.15 bits per heavy atom. The highest BCUT2D eigenvalue weighted by atomic mass is 16.6. The Morgan fingerprint density at radius 1 is 0.348 bits per heavy atom. The maximum absolute atomic E-state index is 12.8. The van der Waals surface area contributed by atoms with Crippen molar-refractivity contribution in [2.75, 3.05) is 19.8 Å². The molecule has 0 saturated carbocycles. The summed E-state index contributed by atoms with van der Waals surface area (Å²) in [5.74, 6) is -0.410. The van der Waals surface area contributed by atoms with Crippen LogP contribution in [0.3, 0.4) is 0 Å². The van der Waals surface area contributed by atoms with E-state index in [1.165, 1.54) is 167 Å². The van der Waals surface area contributed by atoms with E-state index in [1.807, 2.05) is 0 Å². The Balaban J connectivity index is 4.22. The summed E-state index contributed by atoms with van der Waals surface area (Å²) in [7, 11) is 0. The van der Waals surface area contributed by atoms with Crippen LogP contribution in [0.1, 0.15) is 278 Å². The number of unbranched alkanes of at least 4 members (excludes halogenated alkanes) is 29. The van der Waals surface area contributed by atoms with Gasteiger partial charge in [0.25, 0.3) is 0 Å². The van der Waals surface area contributed by atoms with Gasteiger partial charge in [0.05, 0.1) is 6.61 Å². The van der Waals surface area contributed by atoms with Crippen molar-refractivity contribution in [1.82, 2.24) is 0 Å². The molecule has 0 aromatic heterocycles. The number of rotatable bonds is 52. The third-order valence-electron chi connectivity index (χ3n) is 12.2. The molecule has 0 fully saturated rings. The van der Waals surface area contributed by atoms with Crippen LogP contribution in [0.15, 0.2) is 72.9 Å². The summed E-state index contributed by atoms with van der Waals surface area (Å²) in [6.45, 7) is 7.67. The van der Waals surface area contributed by atoms with Gasteiger partial charge in [-0.25, -0.2) is 0 Å². The van der Waals surface area contributed by atoms with E-state index in [0.29, 0.717) is 19.4 Å². The number of ether oxygens (including phenoxy) is 3. The maximum atomic E-state index is 12.8. The summed E-state index contributed by atoms with van der Waals surface area (Å²) in [6, 6.07) is 0. The molecule has 5 heteroatoms. The zero-order valence-electron chi connectivity index (χ0n) is 44.0. The molecule has 0 N–H and O–H groups in total. The van der Waals surface area contributed by atoms with Gasteiger partial charge in [-0.2, -0.15) is 0 Å². The Bertz CT molecular complexity index is 1180. The molecule has 5 nitrogen and oxygen atoms in total. The molecule has 1 atom stereocenters. The Kier molecular flexibility index (Phi) is 54.4. The molecule has 0 aliphatic heterocycles. The molecule has 0 aliphatic carbocycles. The number of esters is 2. The van der Waals surface area contributed by atoms with Gasteiger partial charge in [0.2, 0.25) is 0 Å². The molecule has 0 radical (unpaired) electrons. The van der Waals surface area contributed by atoms with Crippen LogP contribution in [0.25, 0.3) is 0 Å². The summed E-state index contributed by atoms with van der Waals surface area (Å²) in [5.41, 5.74) is 0. The van der Waals surface area contributed by atoms with Gasteiger partial charge < -0.3 is 14.2 Å². The van der Waals surface area contributed by atoms with Crippen LogP contribution < -0.4 is 0 Å². The lowest BCUT2D eigenvalue weighted by Crippen LogP contribution is -2.30. The number of hydrogen-bond donors (Lipinski definition) is 0. The molecule has 0 aromatic rings. The highest BCUT2D eigenvalue weighted by Crippen LogP contribution is 2.15.